The van der Waals surface area contributed by atoms with Gasteiger partial charge in [0.1, 0.15) is 5.75 Å². The number of nitrogens with zero attached hydrogens (tertiary/aromatic N) is 1. The van der Waals surface area contributed by atoms with Crippen LogP contribution in [0.25, 0.3) is 0 Å². The molecule has 0 radical (unpaired) electrons. The van der Waals surface area contributed by atoms with Gasteiger partial charge in [-0.2, -0.15) is 0 Å². The minimum atomic E-state index is 0. The van der Waals surface area contributed by atoms with Crippen LogP contribution in [0.2, 0.25) is 0 Å². The molecule has 2 heterocycles. The van der Waals surface area contributed by atoms with E-state index in [4.69, 9.17) is 4.74 Å². The van der Waals surface area contributed by atoms with Gasteiger partial charge in [-0.25, -0.2) is 0 Å². The van der Waals surface area contributed by atoms with Crippen LogP contribution in [0, 0.1) is 0 Å². The van der Waals surface area contributed by atoms with Crippen molar-refractivity contribution in [1.82, 2.24) is 10.2 Å². The van der Waals surface area contributed by atoms with Gasteiger partial charge < -0.3 is 15.0 Å². The number of hydrogen-bond donors (Lipinski definition) is 1. The van der Waals surface area contributed by atoms with E-state index in [-0.39, 0.29) is 24.4 Å². The fraction of sp³-hybridized carbons (Fsp3) is 0.588. The Balaban J connectivity index is 0.00000176. The third-order valence-corrected chi connectivity index (χ3v) is 4.33. The van der Waals surface area contributed by atoms with Gasteiger partial charge in [0.05, 0.1) is 12.6 Å². The highest BCUT2D eigenvalue weighted by atomic mass is 35.5. The van der Waals surface area contributed by atoms with E-state index in [1.54, 1.807) is 0 Å². The van der Waals surface area contributed by atoms with Crippen molar-refractivity contribution in [2.24, 2.45) is 0 Å². The topological polar surface area (TPSA) is 41.6 Å². The number of carbonyl (C=O) groups is 1. The predicted octanol–water partition coefficient (Wildman–Crippen LogP) is 2.53. The molecule has 4 nitrogen and oxygen atoms in total. The molecular weight excluding hydrogens is 300 g/mol. The molecule has 1 fully saturated rings. The number of carbonyl (C=O) groups excluding carboxylic acids is 1. The van der Waals surface area contributed by atoms with E-state index in [1.807, 2.05) is 11.0 Å². The number of fused-ring (bicyclic) bond motifs is 1. The van der Waals surface area contributed by atoms with E-state index in [1.165, 1.54) is 11.1 Å². The van der Waals surface area contributed by atoms with E-state index in [2.05, 4.69) is 24.4 Å². The molecule has 1 aromatic carbocycles. The zero-order valence-electron chi connectivity index (χ0n) is 13.1. The second-order valence-electron chi connectivity index (χ2n) is 5.94. The predicted molar refractivity (Wildman–Crippen MR) is 89.6 cm³/mol. The Morgan fingerprint density at radius 1 is 1.41 bits per heavy atom. The van der Waals surface area contributed by atoms with Crippen LogP contribution in [0.15, 0.2) is 18.2 Å². The molecule has 0 aliphatic carbocycles. The van der Waals surface area contributed by atoms with Crippen molar-refractivity contribution in [3.05, 3.63) is 29.3 Å². The van der Waals surface area contributed by atoms with Gasteiger partial charge in [-0.05, 0) is 55.5 Å². The average molecular weight is 325 g/mol. The van der Waals surface area contributed by atoms with Gasteiger partial charge in [0, 0.05) is 13.1 Å². The fourth-order valence-electron chi connectivity index (χ4n) is 3.14. The van der Waals surface area contributed by atoms with E-state index in [9.17, 15) is 4.79 Å². The number of benzene rings is 1. The monoisotopic (exact) mass is 324 g/mol. The SMILES string of the molecule is CCCOc1ccc2c(c1)CCN(C(=O)C1CCCN1)C2.Cl. The smallest absolute Gasteiger partial charge is 0.240 e. The molecule has 22 heavy (non-hydrogen) atoms. The largest absolute Gasteiger partial charge is 0.494 e. The van der Waals surface area contributed by atoms with Crippen LogP contribution in [-0.2, 0) is 17.8 Å². The molecule has 2 aliphatic rings. The summed E-state index contributed by atoms with van der Waals surface area (Å²) in [5, 5.41) is 3.30. The maximum Gasteiger partial charge on any atom is 0.240 e. The van der Waals surface area contributed by atoms with Crippen molar-refractivity contribution in [3.63, 3.8) is 0 Å². The second-order valence-corrected chi connectivity index (χ2v) is 5.94. The highest BCUT2D eigenvalue weighted by molar-refractivity contribution is 5.85. The van der Waals surface area contributed by atoms with E-state index >= 15 is 0 Å². The van der Waals surface area contributed by atoms with Crippen LogP contribution in [0.3, 0.4) is 0 Å². The standard InChI is InChI=1S/C17H24N2O2.ClH/c1-2-10-21-15-6-5-14-12-19(9-7-13(14)11-15)17(20)16-4-3-8-18-16;/h5-6,11,16,18H,2-4,7-10,12H2,1H3;1H. The first-order chi connectivity index (χ1) is 10.3. The third-order valence-electron chi connectivity index (χ3n) is 4.33. The molecule has 122 valence electrons. The molecule has 5 heteroatoms. The summed E-state index contributed by atoms with van der Waals surface area (Å²) in [6, 6.07) is 6.32. The summed E-state index contributed by atoms with van der Waals surface area (Å²) in [6.45, 7) is 5.40. The lowest BCUT2D eigenvalue weighted by Crippen LogP contribution is -2.45. The van der Waals surface area contributed by atoms with E-state index < -0.39 is 0 Å². The van der Waals surface area contributed by atoms with Gasteiger partial charge in [0.25, 0.3) is 0 Å². The van der Waals surface area contributed by atoms with Crippen molar-refractivity contribution in [1.29, 1.82) is 0 Å². The van der Waals surface area contributed by atoms with Gasteiger partial charge >= 0.3 is 0 Å². The minimum Gasteiger partial charge on any atom is -0.494 e. The number of hydrogen-bond acceptors (Lipinski definition) is 3. The van der Waals surface area contributed by atoms with Gasteiger partial charge in [-0.1, -0.05) is 13.0 Å². The molecule has 0 spiro atoms. The summed E-state index contributed by atoms with van der Waals surface area (Å²) in [5.41, 5.74) is 2.59. The molecule has 1 atom stereocenters. The van der Waals surface area contributed by atoms with Crippen molar-refractivity contribution in [3.8, 4) is 5.75 Å². The Labute approximate surface area is 138 Å². The fourth-order valence-corrected chi connectivity index (χ4v) is 3.14. The van der Waals surface area contributed by atoms with Crippen LogP contribution in [0.5, 0.6) is 5.75 Å². The van der Waals surface area contributed by atoms with Crippen LogP contribution < -0.4 is 10.1 Å². The highest BCUT2D eigenvalue weighted by Crippen LogP contribution is 2.25. The lowest BCUT2D eigenvalue weighted by molar-refractivity contribution is -0.134. The average Bonchev–Trinajstić information content (AvgIpc) is 3.06. The molecular formula is C17H25ClN2O2. The van der Waals surface area contributed by atoms with Crippen LogP contribution in [0.4, 0.5) is 0 Å². The third kappa shape index (κ3) is 3.73. The molecule has 1 N–H and O–H groups in total. The Kier molecular flexibility index (Phi) is 6.09. The molecule has 1 unspecified atom stereocenters. The molecule has 1 saturated heterocycles. The number of halogens is 1. The van der Waals surface area contributed by atoms with Crippen molar-refractivity contribution >= 4 is 18.3 Å². The summed E-state index contributed by atoms with van der Waals surface area (Å²) in [6.07, 6.45) is 4.04. The quantitative estimate of drug-likeness (QED) is 0.925. The lowest BCUT2D eigenvalue weighted by atomic mass is 9.98. The van der Waals surface area contributed by atoms with Crippen LogP contribution >= 0.6 is 12.4 Å². The first-order valence-electron chi connectivity index (χ1n) is 8.04. The molecule has 0 aromatic heterocycles. The number of ether oxygens (including phenoxy) is 1. The number of amides is 1. The molecule has 1 amide bonds. The summed E-state index contributed by atoms with van der Waals surface area (Å²) in [5.74, 6) is 1.22. The lowest BCUT2D eigenvalue weighted by Gasteiger charge is -2.31. The Morgan fingerprint density at radius 3 is 3.00 bits per heavy atom. The second kappa shape index (κ2) is 7.84. The van der Waals surface area contributed by atoms with Crippen LogP contribution in [0.1, 0.15) is 37.3 Å². The van der Waals surface area contributed by atoms with E-state index in [0.29, 0.717) is 0 Å². The molecule has 0 bridgehead atoms. The number of nitrogens with one attached hydrogen (secondary N) is 1. The normalized spacial score (nSPS) is 20.2. The van der Waals surface area contributed by atoms with Gasteiger partial charge in [-0.3, -0.25) is 4.79 Å². The van der Waals surface area contributed by atoms with Gasteiger partial charge in [0.15, 0.2) is 0 Å². The minimum absolute atomic E-state index is 0. The first-order valence-corrected chi connectivity index (χ1v) is 8.04. The maximum absolute atomic E-state index is 12.5. The summed E-state index contributed by atoms with van der Waals surface area (Å²) >= 11 is 0. The molecule has 0 saturated carbocycles. The Bertz CT molecular complexity index is 515. The maximum atomic E-state index is 12.5. The van der Waals surface area contributed by atoms with Crippen LogP contribution in [-0.4, -0.2) is 36.5 Å². The zero-order chi connectivity index (χ0) is 14.7. The summed E-state index contributed by atoms with van der Waals surface area (Å²) in [7, 11) is 0. The zero-order valence-corrected chi connectivity index (χ0v) is 14.0. The summed E-state index contributed by atoms with van der Waals surface area (Å²) < 4.78 is 5.69. The highest BCUT2D eigenvalue weighted by Gasteiger charge is 2.29. The first kappa shape index (κ1) is 17.1. The van der Waals surface area contributed by atoms with Gasteiger partial charge in [0.2, 0.25) is 5.91 Å². The Morgan fingerprint density at radius 2 is 2.27 bits per heavy atom. The number of rotatable bonds is 4. The Hall–Kier alpha value is -1.26. The molecule has 3 rings (SSSR count). The molecule has 2 aliphatic heterocycles. The van der Waals surface area contributed by atoms with Crippen molar-refractivity contribution in [2.75, 3.05) is 19.7 Å². The molecule has 1 aromatic rings. The summed E-state index contributed by atoms with van der Waals surface area (Å²) in [4.78, 5) is 14.5. The van der Waals surface area contributed by atoms with Crippen molar-refractivity contribution in [2.45, 2.75) is 45.2 Å². The van der Waals surface area contributed by atoms with Gasteiger partial charge in [-0.15, -0.1) is 12.4 Å². The van der Waals surface area contributed by atoms with E-state index in [0.717, 1.165) is 57.7 Å². The van der Waals surface area contributed by atoms with Crippen molar-refractivity contribution < 1.29 is 9.53 Å².